The van der Waals surface area contributed by atoms with Crippen LogP contribution in [-0.2, 0) is 0 Å². The predicted molar refractivity (Wildman–Crippen MR) is 77.6 cm³/mol. The van der Waals surface area contributed by atoms with Crippen molar-refractivity contribution in [3.05, 3.63) is 35.4 Å². The lowest BCUT2D eigenvalue weighted by Crippen LogP contribution is -2.42. The van der Waals surface area contributed by atoms with Gasteiger partial charge in [-0.05, 0) is 62.9 Å². The molecule has 2 unspecified atom stereocenters. The van der Waals surface area contributed by atoms with Crippen LogP contribution in [0.4, 0.5) is 0 Å². The summed E-state index contributed by atoms with van der Waals surface area (Å²) in [5.74, 6) is 0.617. The maximum absolute atomic E-state index is 6.01. The molecule has 1 aliphatic rings. The van der Waals surface area contributed by atoms with E-state index in [-0.39, 0.29) is 0 Å². The average molecular weight is 246 g/mol. The van der Waals surface area contributed by atoms with Crippen molar-refractivity contribution in [2.45, 2.75) is 39.2 Å². The lowest BCUT2D eigenvalue weighted by Gasteiger charge is -2.42. The fraction of sp³-hybridized carbons (Fsp3) is 0.625. The molecule has 1 aromatic carbocycles. The Kier molecular flexibility index (Phi) is 4.79. The molecule has 0 radical (unpaired) electrons. The van der Waals surface area contributed by atoms with Gasteiger partial charge in [0.1, 0.15) is 0 Å². The Morgan fingerprint density at radius 2 is 2.11 bits per heavy atom. The predicted octanol–water partition coefficient (Wildman–Crippen LogP) is 3.12. The summed E-state index contributed by atoms with van der Waals surface area (Å²) < 4.78 is 0. The van der Waals surface area contributed by atoms with Crippen LogP contribution >= 0.6 is 0 Å². The minimum Gasteiger partial charge on any atom is -0.330 e. The normalized spacial score (nSPS) is 25.3. The number of hydrogen-bond donors (Lipinski definition) is 1. The zero-order valence-electron chi connectivity index (χ0n) is 11.7. The van der Waals surface area contributed by atoms with Gasteiger partial charge in [0, 0.05) is 6.04 Å². The van der Waals surface area contributed by atoms with Crippen LogP contribution in [0.15, 0.2) is 24.3 Å². The molecule has 2 heteroatoms. The number of likely N-dealkylation sites (tertiary alicyclic amines) is 1. The molecule has 0 saturated carbocycles. The molecule has 2 N–H and O–H groups in total. The minimum absolute atomic E-state index is 0.532. The Bertz CT molecular complexity index is 373. The fourth-order valence-electron chi connectivity index (χ4n) is 3.31. The van der Waals surface area contributed by atoms with Crippen molar-refractivity contribution in [2.24, 2.45) is 11.7 Å². The highest BCUT2D eigenvalue weighted by Crippen LogP contribution is 2.36. The Morgan fingerprint density at radius 1 is 1.33 bits per heavy atom. The first-order valence-electron chi connectivity index (χ1n) is 7.27. The fourth-order valence-corrected chi connectivity index (χ4v) is 3.31. The van der Waals surface area contributed by atoms with Gasteiger partial charge in [0.2, 0.25) is 0 Å². The van der Waals surface area contributed by atoms with Gasteiger partial charge in [-0.2, -0.15) is 0 Å². The highest BCUT2D eigenvalue weighted by atomic mass is 15.2. The Hall–Kier alpha value is -0.860. The van der Waals surface area contributed by atoms with E-state index in [4.69, 9.17) is 5.73 Å². The SMILES string of the molecule is CCCN1CCCC(CN)C1c1ccccc1C. The first-order chi connectivity index (χ1) is 8.77. The molecule has 0 amide bonds. The van der Waals surface area contributed by atoms with Gasteiger partial charge in [-0.3, -0.25) is 4.90 Å². The number of hydrogen-bond acceptors (Lipinski definition) is 2. The van der Waals surface area contributed by atoms with E-state index in [1.54, 1.807) is 0 Å². The summed E-state index contributed by atoms with van der Waals surface area (Å²) in [5, 5.41) is 0. The van der Waals surface area contributed by atoms with E-state index in [0.29, 0.717) is 12.0 Å². The van der Waals surface area contributed by atoms with Crippen LogP contribution in [0.3, 0.4) is 0 Å². The molecular formula is C16H26N2. The van der Waals surface area contributed by atoms with Gasteiger partial charge in [-0.25, -0.2) is 0 Å². The topological polar surface area (TPSA) is 29.3 Å². The summed E-state index contributed by atoms with van der Waals surface area (Å²) in [6, 6.07) is 9.33. The highest BCUT2D eigenvalue weighted by molar-refractivity contribution is 5.29. The van der Waals surface area contributed by atoms with Gasteiger partial charge in [-0.1, -0.05) is 31.2 Å². The standard InChI is InChI=1S/C16H26N2/c1-3-10-18-11-6-8-14(12-17)16(18)15-9-5-4-7-13(15)2/h4-5,7,9,14,16H,3,6,8,10-12,17H2,1-2H3. The van der Waals surface area contributed by atoms with Crippen molar-refractivity contribution in [2.75, 3.05) is 19.6 Å². The summed E-state index contributed by atoms with van der Waals surface area (Å²) in [6.45, 7) is 7.71. The molecule has 2 atom stereocenters. The molecular weight excluding hydrogens is 220 g/mol. The van der Waals surface area contributed by atoms with Crippen LogP contribution in [0, 0.1) is 12.8 Å². The second-order valence-electron chi connectivity index (χ2n) is 5.48. The molecule has 1 saturated heterocycles. The molecule has 0 spiro atoms. The molecule has 100 valence electrons. The second kappa shape index (κ2) is 6.35. The number of piperidine rings is 1. The second-order valence-corrected chi connectivity index (χ2v) is 5.48. The van der Waals surface area contributed by atoms with E-state index in [0.717, 1.165) is 6.54 Å². The molecule has 0 aliphatic carbocycles. The van der Waals surface area contributed by atoms with Gasteiger partial charge in [0.25, 0.3) is 0 Å². The molecule has 2 rings (SSSR count). The van der Waals surface area contributed by atoms with Crippen LogP contribution < -0.4 is 5.73 Å². The molecule has 1 aliphatic heterocycles. The van der Waals surface area contributed by atoms with E-state index < -0.39 is 0 Å². The van der Waals surface area contributed by atoms with Crippen molar-refractivity contribution >= 4 is 0 Å². The minimum atomic E-state index is 0.532. The Labute approximate surface area is 111 Å². The molecule has 1 heterocycles. The summed E-state index contributed by atoms with van der Waals surface area (Å²) in [5.41, 5.74) is 8.91. The zero-order valence-corrected chi connectivity index (χ0v) is 11.7. The van der Waals surface area contributed by atoms with Gasteiger partial charge in [0.15, 0.2) is 0 Å². The number of nitrogens with two attached hydrogens (primary N) is 1. The average Bonchev–Trinajstić information content (AvgIpc) is 2.40. The molecule has 1 fully saturated rings. The summed E-state index contributed by atoms with van der Waals surface area (Å²) in [7, 11) is 0. The van der Waals surface area contributed by atoms with Crippen molar-refractivity contribution < 1.29 is 0 Å². The molecule has 18 heavy (non-hydrogen) atoms. The maximum atomic E-state index is 6.01. The van der Waals surface area contributed by atoms with Crippen molar-refractivity contribution in [3.63, 3.8) is 0 Å². The smallest absolute Gasteiger partial charge is 0.0390 e. The zero-order chi connectivity index (χ0) is 13.0. The molecule has 0 aromatic heterocycles. The largest absolute Gasteiger partial charge is 0.330 e. The molecule has 0 bridgehead atoms. The first-order valence-corrected chi connectivity index (χ1v) is 7.27. The number of aryl methyl sites for hydroxylation is 1. The summed E-state index contributed by atoms with van der Waals surface area (Å²) in [4.78, 5) is 2.64. The molecule has 2 nitrogen and oxygen atoms in total. The van der Waals surface area contributed by atoms with Gasteiger partial charge >= 0.3 is 0 Å². The van der Waals surface area contributed by atoms with E-state index in [1.165, 1.54) is 43.5 Å². The third kappa shape index (κ3) is 2.76. The lowest BCUT2D eigenvalue weighted by molar-refractivity contribution is 0.0956. The first kappa shape index (κ1) is 13.6. The van der Waals surface area contributed by atoms with Crippen LogP contribution in [0.5, 0.6) is 0 Å². The van der Waals surface area contributed by atoms with E-state index >= 15 is 0 Å². The number of benzene rings is 1. The lowest BCUT2D eigenvalue weighted by atomic mass is 9.83. The van der Waals surface area contributed by atoms with E-state index in [2.05, 4.69) is 43.0 Å². The quantitative estimate of drug-likeness (QED) is 0.884. The van der Waals surface area contributed by atoms with E-state index in [9.17, 15) is 0 Å². The maximum Gasteiger partial charge on any atom is 0.0390 e. The van der Waals surface area contributed by atoms with Crippen LogP contribution in [0.25, 0.3) is 0 Å². The third-order valence-electron chi connectivity index (χ3n) is 4.18. The summed E-state index contributed by atoms with van der Waals surface area (Å²) in [6.07, 6.45) is 3.79. The van der Waals surface area contributed by atoms with Crippen molar-refractivity contribution in [1.82, 2.24) is 4.90 Å². The number of nitrogens with zero attached hydrogens (tertiary/aromatic N) is 1. The van der Waals surface area contributed by atoms with Gasteiger partial charge in [-0.15, -0.1) is 0 Å². The Balaban J connectivity index is 2.30. The van der Waals surface area contributed by atoms with Crippen molar-refractivity contribution in [3.8, 4) is 0 Å². The number of rotatable bonds is 4. The Morgan fingerprint density at radius 3 is 2.78 bits per heavy atom. The van der Waals surface area contributed by atoms with Crippen molar-refractivity contribution in [1.29, 1.82) is 0 Å². The van der Waals surface area contributed by atoms with Crippen LogP contribution in [0.2, 0.25) is 0 Å². The van der Waals surface area contributed by atoms with Crippen LogP contribution in [-0.4, -0.2) is 24.5 Å². The van der Waals surface area contributed by atoms with E-state index in [1.807, 2.05) is 0 Å². The molecule has 1 aromatic rings. The monoisotopic (exact) mass is 246 g/mol. The highest BCUT2D eigenvalue weighted by Gasteiger charge is 2.31. The van der Waals surface area contributed by atoms with Gasteiger partial charge in [0.05, 0.1) is 0 Å². The van der Waals surface area contributed by atoms with Gasteiger partial charge < -0.3 is 5.73 Å². The van der Waals surface area contributed by atoms with Crippen LogP contribution in [0.1, 0.15) is 43.4 Å². The third-order valence-corrected chi connectivity index (χ3v) is 4.18. The summed E-state index contributed by atoms with van der Waals surface area (Å²) >= 11 is 0.